The fourth-order valence-electron chi connectivity index (χ4n) is 1.88. The monoisotopic (exact) mass is 330 g/mol. The molecule has 1 fully saturated rings. The molecule has 0 saturated carbocycles. The van der Waals surface area contributed by atoms with Crippen molar-refractivity contribution in [1.82, 2.24) is 10.2 Å². The fourth-order valence-corrected chi connectivity index (χ4v) is 2.44. The highest BCUT2D eigenvalue weighted by atomic mass is 79.9. The molecular weight excluding hydrogens is 320 g/mol. The molecule has 0 aliphatic carbocycles. The maximum absolute atomic E-state index is 12.4. The number of rotatable bonds is 1. The molecule has 4 nitrogen and oxygen atoms in total. The summed E-state index contributed by atoms with van der Waals surface area (Å²) in [5, 5.41) is 3.11. The number of hydrogen-bond donors (Lipinski definition) is 1. The molecule has 2 amide bonds. The number of benzene rings is 1. The molecule has 0 spiro atoms. The van der Waals surface area contributed by atoms with Gasteiger partial charge in [-0.25, -0.2) is 0 Å². The summed E-state index contributed by atoms with van der Waals surface area (Å²) in [6.45, 7) is 2.67. The average molecular weight is 332 g/mol. The van der Waals surface area contributed by atoms with Crippen LogP contribution in [0.15, 0.2) is 22.7 Å². The number of hydrogen-bond acceptors (Lipinski definition) is 2. The Labute approximate surface area is 118 Å². The van der Waals surface area contributed by atoms with Crippen LogP contribution in [0.25, 0.3) is 0 Å². The summed E-state index contributed by atoms with van der Waals surface area (Å²) in [7, 11) is 0. The molecule has 18 heavy (non-hydrogen) atoms. The quantitative estimate of drug-likeness (QED) is 0.856. The molecule has 0 bridgehead atoms. The zero-order chi connectivity index (χ0) is 13.3. The summed E-state index contributed by atoms with van der Waals surface area (Å²) in [6.07, 6.45) is 0. The van der Waals surface area contributed by atoms with Gasteiger partial charge in [0.1, 0.15) is 6.04 Å². The average Bonchev–Trinajstić information content (AvgIpc) is 2.35. The van der Waals surface area contributed by atoms with Crippen molar-refractivity contribution in [2.45, 2.75) is 13.0 Å². The Morgan fingerprint density at radius 2 is 2.28 bits per heavy atom. The molecule has 1 aromatic rings. The van der Waals surface area contributed by atoms with Crippen molar-refractivity contribution < 1.29 is 9.59 Å². The first kappa shape index (κ1) is 13.4. The van der Waals surface area contributed by atoms with Gasteiger partial charge in [-0.3, -0.25) is 9.59 Å². The van der Waals surface area contributed by atoms with Gasteiger partial charge < -0.3 is 10.2 Å². The highest BCUT2D eigenvalue weighted by Gasteiger charge is 2.30. The standard InChI is InChI=1S/C12H12BrClN2O2/c1-7-11(17)15-4-5-16(7)12(18)9-6-8(13)2-3-10(9)14/h2-3,6-7H,4-5H2,1H3,(H,15,17). The number of amides is 2. The van der Waals surface area contributed by atoms with Crippen LogP contribution in [-0.4, -0.2) is 35.8 Å². The molecule has 1 unspecified atom stereocenters. The topological polar surface area (TPSA) is 49.4 Å². The van der Waals surface area contributed by atoms with Crippen LogP contribution < -0.4 is 5.32 Å². The van der Waals surface area contributed by atoms with E-state index in [-0.39, 0.29) is 11.8 Å². The van der Waals surface area contributed by atoms with Crippen molar-refractivity contribution in [2.24, 2.45) is 0 Å². The lowest BCUT2D eigenvalue weighted by molar-refractivity contribution is -0.127. The van der Waals surface area contributed by atoms with Crippen LogP contribution in [0.5, 0.6) is 0 Å². The second-order valence-electron chi connectivity index (χ2n) is 4.09. The van der Waals surface area contributed by atoms with Gasteiger partial charge in [-0.2, -0.15) is 0 Å². The molecule has 1 atom stereocenters. The third kappa shape index (κ3) is 2.52. The SMILES string of the molecule is CC1C(=O)NCCN1C(=O)c1cc(Br)ccc1Cl. The summed E-state index contributed by atoms with van der Waals surface area (Å²) < 4.78 is 0.782. The van der Waals surface area contributed by atoms with Crippen LogP contribution >= 0.6 is 27.5 Å². The normalized spacial score (nSPS) is 19.6. The second-order valence-corrected chi connectivity index (χ2v) is 5.41. The van der Waals surface area contributed by atoms with E-state index in [2.05, 4.69) is 21.2 Å². The molecule has 1 aromatic carbocycles. The first-order valence-electron chi connectivity index (χ1n) is 5.54. The number of carbonyl (C=O) groups excluding carboxylic acids is 2. The van der Waals surface area contributed by atoms with E-state index in [1.54, 1.807) is 25.1 Å². The van der Waals surface area contributed by atoms with Gasteiger partial charge >= 0.3 is 0 Å². The minimum absolute atomic E-state index is 0.138. The zero-order valence-corrected chi connectivity index (χ0v) is 12.1. The van der Waals surface area contributed by atoms with Crippen LogP contribution in [0.3, 0.4) is 0 Å². The highest BCUT2D eigenvalue weighted by molar-refractivity contribution is 9.10. The van der Waals surface area contributed by atoms with Crippen molar-refractivity contribution in [3.63, 3.8) is 0 Å². The van der Waals surface area contributed by atoms with Crippen LogP contribution in [0.2, 0.25) is 5.02 Å². The lowest BCUT2D eigenvalue weighted by atomic mass is 10.1. The van der Waals surface area contributed by atoms with Crippen LogP contribution in [-0.2, 0) is 4.79 Å². The molecule has 1 saturated heterocycles. The van der Waals surface area contributed by atoms with Crippen molar-refractivity contribution >= 4 is 39.3 Å². The van der Waals surface area contributed by atoms with E-state index >= 15 is 0 Å². The zero-order valence-electron chi connectivity index (χ0n) is 9.74. The Morgan fingerprint density at radius 1 is 1.56 bits per heavy atom. The van der Waals surface area contributed by atoms with Crippen molar-refractivity contribution in [1.29, 1.82) is 0 Å². The summed E-state index contributed by atoms with van der Waals surface area (Å²) in [5.74, 6) is -0.357. The fraction of sp³-hybridized carbons (Fsp3) is 0.333. The molecule has 2 rings (SSSR count). The Morgan fingerprint density at radius 3 is 3.00 bits per heavy atom. The van der Waals surface area contributed by atoms with Gasteiger partial charge in [0.25, 0.3) is 5.91 Å². The lowest BCUT2D eigenvalue weighted by Crippen LogP contribution is -2.55. The summed E-state index contributed by atoms with van der Waals surface area (Å²) >= 11 is 9.33. The molecule has 1 N–H and O–H groups in total. The van der Waals surface area contributed by atoms with E-state index in [9.17, 15) is 9.59 Å². The number of carbonyl (C=O) groups is 2. The molecule has 1 aliphatic rings. The minimum Gasteiger partial charge on any atom is -0.353 e. The van der Waals surface area contributed by atoms with Crippen LogP contribution in [0.4, 0.5) is 0 Å². The van der Waals surface area contributed by atoms with E-state index in [0.717, 1.165) is 4.47 Å². The number of nitrogens with zero attached hydrogens (tertiary/aromatic N) is 1. The predicted octanol–water partition coefficient (Wildman–Crippen LogP) is 2.06. The number of piperazine rings is 1. The molecule has 0 radical (unpaired) electrons. The van der Waals surface area contributed by atoms with Gasteiger partial charge in [0.2, 0.25) is 5.91 Å². The van der Waals surface area contributed by atoms with Crippen LogP contribution in [0.1, 0.15) is 17.3 Å². The van der Waals surface area contributed by atoms with E-state index in [4.69, 9.17) is 11.6 Å². The van der Waals surface area contributed by atoms with Crippen molar-refractivity contribution in [3.05, 3.63) is 33.3 Å². The van der Waals surface area contributed by atoms with Crippen molar-refractivity contribution in [3.8, 4) is 0 Å². The van der Waals surface area contributed by atoms with E-state index in [0.29, 0.717) is 23.7 Å². The maximum atomic E-state index is 12.4. The third-order valence-corrected chi connectivity index (χ3v) is 3.74. The highest BCUT2D eigenvalue weighted by Crippen LogP contribution is 2.23. The van der Waals surface area contributed by atoms with Gasteiger partial charge in [-0.1, -0.05) is 27.5 Å². The van der Waals surface area contributed by atoms with E-state index in [1.165, 1.54) is 4.90 Å². The molecular formula is C12H12BrClN2O2. The van der Waals surface area contributed by atoms with Gasteiger partial charge in [0.05, 0.1) is 10.6 Å². The van der Waals surface area contributed by atoms with Gasteiger partial charge in [0, 0.05) is 17.6 Å². The Bertz CT molecular complexity index is 507. The maximum Gasteiger partial charge on any atom is 0.256 e. The van der Waals surface area contributed by atoms with Crippen LogP contribution in [0, 0.1) is 0 Å². The molecule has 96 valence electrons. The number of halogens is 2. The first-order valence-corrected chi connectivity index (χ1v) is 6.71. The smallest absolute Gasteiger partial charge is 0.256 e. The number of nitrogens with one attached hydrogen (secondary N) is 1. The summed E-state index contributed by atoms with van der Waals surface area (Å²) in [5.41, 5.74) is 0.410. The van der Waals surface area contributed by atoms with E-state index in [1.807, 2.05) is 0 Å². The Kier molecular flexibility index (Phi) is 3.92. The van der Waals surface area contributed by atoms with Gasteiger partial charge in [0.15, 0.2) is 0 Å². The van der Waals surface area contributed by atoms with Gasteiger partial charge in [-0.05, 0) is 25.1 Å². The molecule has 0 aromatic heterocycles. The van der Waals surface area contributed by atoms with E-state index < -0.39 is 6.04 Å². The lowest BCUT2D eigenvalue weighted by Gasteiger charge is -2.33. The summed E-state index contributed by atoms with van der Waals surface area (Å²) in [4.78, 5) is 25.4. The Hall–Kier alpha value is -1.07. The van der Waals surface area contributed by atoms with Gasteiger partial charge in [-0.15, -0.1) is 0 Å². The molecule has 1 heterocycles. The second kappa shape index (κ2) is 5.28. The first-order chi connectivity index (χ1) is 8.50. The summed E-state index contributed by atoms with van der Waals surface area (Å²) in [6, 6.07) is 4.63. The molecule has 6 heteroatoms. The minimum atomic E-state index is -0.471. The third-order valence-electron chi connectivity index (χ3n) is 2.92. The Balaban J connectivity index is 2.30. The molecule has 1 aliphatic heterocycles. The van der Waals surface area contributed by atoms with Crippen molar-refractivity contribution in [2.75, 3.05) is 13.1 Å². The largest absolute Gasteiger partial charge is 0.353 e. The predicted molar refractivity (Wildman–Crippen MR) is 72.7 cm³/mol.